The van der Waals surface area contributed by atoms with Crippen molar-refractivity contribution in [2.45, 2.75) is 6.42 Å². The Labute approximate surface area is 198 Å². The molecule has 1 aliphatic rings. The van der Waals surface area contributed by atoms with Crippen molar-refractivity contribution in [2.75, 3.05) is 25.0 Å². The number of amides is 1. The Kier molecular flexibility index (Phi) is 5.89. The molecule has 0 radical (unpaired) electrons. The quantitative estimate of drug-likeness (QED) is 0.441. The smallest absolute Gasteiger partial charge is 0.266 e. The lowest BCUT2D eigenvalue weighted by atomic mass is 10.1. The maximum Gasteiger partial charge on any atom is 0.266 e. The average molecular weight is 481 g/mol. The van der Waals surface area contributed by atoms with E-state index in [9.17, 15) is 18.4 Å². The van der Waals surface area contributed by atoms with E-state index in [2.05, 4.69) is 5.32 Å². The largest absolute Gasteiger partial charge is 0.351 e. The first-order chi connectivity index (χ1) is 16.5. The van der Waals surface area contributed by atoms with Crippen LogP contribution in [0.5, 0.6) is 0 Å². The lowest BCUT2D eigenvalue weighted by Crippen LogP contribution is -2.29. The molecule has 6 nitrogen and oxygen atoms in total. The number of halogens is 2. The van der Waals surface area contributed by atoms with Crippen LogP contribution in [0, 0.1) is 17.6 Å². The molecule has 4 aromatic rings. The molecule has 1 aliphatic heterocycles. The predicted octanol–water partition coefficient (Wildman–Crippen LogP) is 4.49. The minimum atomic E-state index is -0.779. The Hall–Kier alpha value is -3.56. The van der Waals surface area contributed by atoms with Gasteiger partial charge in [-0.15, -0.1) is 11.3 Å². The van der Waals surface area contributed by atoms with Gasteiger partial charge in [-0.2, -0.15) is 0 Å². The van der Waals surface area contributed by atoms with Gasteiger partial charge in [0.1, 0.15) is 21.3 Å². The highest BCUT2D eigenvalue weighted by Gasteiger charge is 2.30. The minimum Gasteiger partial charge on any atom is -0.351 e. The summed E-state index contributed by atoms with van der Waals surface area (Å²) in [5.41, 5.74) is 6.63. The summed E-state index contributed by atoms with van der Waals surface area (Å²) >= 11 is 1.17. The van der Waals surface area contributed by atoms with Crippen LogP contribution in [0.1, 0.15) is 16.1 Å². The molecular formula is C25H22F2N4O2S. The summed E-state index contributed by atoms with van der Waals surface area (Å²) in [6, 6.07) is 15.4. The van der Waals surface area contributed by atoms with Gasteiger partial charge in [-0.05, 0) is 49.2 Å². The summed E-state index contributed by atoms with van der Waals surface area (Å²) in [4.78, 5) is 29.1. The van der Waals surface area contributed by atoms with Crippen LogP contribution < -0.4 is 16.6 Å². The number of aromatic nitrogens is 1. The normalized spacial score (nSPS) is 15.7. The number of para-hydroxylation sites is 1. The van der Waals surface area contributed by atoms with Crippen LogP contribution in [-0.2, 0) is 0 Å². The SMILES string of the molecule is NC[C@H]1CCN(C(=O)c2sc3c(ccc(=O)n3-c3ccccc3)c2Nc2ccc(F)cc2F)C1. The molecule has 5 rings (SSSR count). The van der Waals surface area contributed by atoms with Crippen molar-refractivity contribution in [1.82, 2.24) is 9.47 Å². The van der Waals surface area contributed by atoms with Crippen LogP contribution in [0.2, 0.25) is 0 Å². The lowest BCUT2D eigenvalue weighted by Gasteiger charge is -2.17. The Bertz CT molecular complexity index is 1430. The highest BCUT2D eigenvalue weighted by molar-refractivity contribution is 7.21. The van der Waals surface area contributed by atoms with Crippen molar-refractivity contribution in [3.05, 3.63) is 87.5 Å². The van der Waals surface area contributed by atoms with E-state index < -0.39 is 11.6 Å². The molecule has 0 spiro atoms. The van der Waals surface area contributed by atoms with Crippen LogP contribution >= 0.6 is 11.3 Å². The van der Waals surface area contributed by atoms with Gasteiger partial charge in [0.05, 0.1) is 17.1 Å². The van der Waals surface area contributed by atoms with Crippen molar-refractivity contribution in [1.29, 1.82) is 0 Å². The monoisotopic (exact) mass is 480 g/mol. The fourth-order valence-corrected chi connectivity index (χ4v) is 5.50. The van der Waals surface area contributed by atoms with Gasteiger partial charge in [-0.3, -0.25) is 14.2 Å². The summed E-state index contributed by atoms with van der Waals surface area (Å²) in [5, 5.41) is 3.59. The number of nitrogens with two attached hydrogens (primary N) is 1. The molecule has 1 atom stereocenters. The van der Waals surface area contributed by atoms with Crippen molar-refractivity contribution >= 4 is 38.8 Å². The molecule has 9 heteroatoms. The number of hydrogen-bond donors (Lipinski definition) is 2. The molecule has 1 saturated heterocycles. The molecule has 2 aromatic carbocycles. The van der Waals surface area contributed by atoms with Crippen molar-refractivity contribution in [3.8, 4) is 5.69 Å². The molecule has 2 aromatic heterocycles. The lowest BCUT2D eigenvalue weighted by molar-refractivity contribution is 0.0793. The number of anilines is 2. The zero-order chi connectivity index (χ0) is 23.8. The van der Waals surface area contributed by atoms with Gasteiger partial charge >= 0.3 is 0 Å². The first-order valence-corrected chi connectivity index (χ1v) is 11.7. The number of nitrogens with zero attached hydrogens (tertiary/aromatic N) is 2. The summed E-state index contributed by atoms with van der Waals surface area (Å²) in [6.45, 7) is 1.61. The fraction of sp³-hybridized carbons (Fsp3) is 0.200. The maximum atomic E-state index is 14.5. The first-order valence-electron chi connectivity index (χ1n) is 10.9. The maximum absolute atomic E-state index is 14.5. The van der Waals surface area contributed by atoms with E-state index in [1.807, 2.05) is 18.2 Å². The van der Waals surface area contributed by atoms with Gasteiger partial charge in [-0.1, -0.05) is 18.2 Å². The Morgan fingerprint density at radius 1 is 1.12 bits per heavy atom. The molecule has 0 unspecified atom stereocenters. The van der Waals surface area contributed by atoms with Crippen molar-refractivity contribution in [3.63, 3.8) is 0 Å². The summed E-state index contributed by atoms with van der Waals surface area (Å²) < 4.78 is 29.5. The van der Waals surface area contributed by atoms with Crippen LogP contribution in [0.4, 0.5) is 20.2 Å². The number of carbonyl (C=O) groups excluding carboxylic acids is 1. The Morgan fingerprint density at radius 2 is 1.91 bits per heavy atom. The number of pyridine rings is 1. The minimum absolute atomic E-state index is 0.0360. The number of hydrogen-bond acceptors (Lipinski definition) is 5. The second kappa shape index (κ2) is 9.00. The Balaban J connectivity index is 1.69. The van der Waals surface area contributed by atoms with Gasteiger partial charge in [0.25, 0.3) is 11.5 Å². The van der Waals surface area contributed by atoms with Crippen LogP contribution in [0.15, 0.2) is 65.5 Å². The molecule has 0 aliphatic carbocycles. The first kappa shape index (κ1) is 22.2. The third kappa shape index (κ3) is 3.97. The highest BCUT2D eigenvalue weighted by Crippen LogP contribution is 2.39. The molecule has 3 N–H and O–H groups in total. The van der Waals surface area contributed by atoms with Crippen LogP contribution in [0.25, 0.3) is 15.9 Å². The average Bonchev–Trinajstić information content (AvgIpc) is 3.46. The zero-order valence-corrected chi connectivity index (χ0v) is 18.9. The van der Waals surface area contributed by atoms with Crippen molar-refractivity contribution < 1.29 is 13.6 Å². The molecule has 174 valence electrons. The molecule has 34 heavy (non-hydrogen) atoms. The summed E-state index contributed by atoms with van der Waals surface area (Å²) in [6.07, 6.45) is 0.817. The number of rotatable bonds is 5. The second-order valence-electron chi connectivity index (χ2n) is 8.26. The highest BCUT2D eigenvalue weighted by atomic mass is 32.1. The third-order valence-electron chi connectivity index (χ3n) is 6.05. The number of carbonyl (C=O) groups is 1. The molecule has 0 bridgehead atoms. The number of thiophene rings is 1. The molecular weight excluding hydrogens is 458 g/mol. The third-order valence-corrected chi connectivity index (χ3v) is 7.23. The van der Waals surface area contributed by atoms with E-state index in [0.717, 1.165) is 18.6 Å². The number of benzene rings is 2. The second-order valence-corrected chi connectivity index (χ2v) is 9.26. The van der Waals surface area contributed by atoms with Crippen LogP contribution in [-0.4, -0.2) is 35.0 Å². The summed E-state index contributed by atoms with van der Waals surface area (Å²) in [7, 11) is 0. The Morgan fingerprint density at radius 3 is 2.62 bits per heavy atom. The van der Waals surface area contributed by atoms with E-state index in [-0.39, 0.29) is 23.1 Å². The van der Waals surface area contributed by atoms with Crippen molar-refractivity contribution in [2.24, 2.45) is 11.7 Å². The molecule has 1 fully saturated rings. The van der Waals surface area contributed by atoms with Gasteiger partial charge in [0.2, 0.25) is 0 Å². The molecule has 0 saturated carbocycles. The van der Waals surface area contributed by atoms with Gasteiger partial charge in [0.15, 0.2) is 0 Å². The topological polar surface area (TPSA) is 80.4 Å². The standard InChI is InChI=1S/C25H22F2N4O2S/c26-16-6-8-20(19(27)12-16)29-22-18-7-9-21(32)31(17-4-2-1-3-5-17)25(18)34-23(22)24(33)30-11-10-15(13-28)14-30/h1-9,12,15,29H,10-11,13-14,28H2/t15-/m1/s1. The zero-order valence-electron chi connectivity index (χ0n) is 18.1. The molecule has 1 amide bonds. The van der Waals surface area contributed by atoms with Gasteiger partial charge in [-0.25, -0.2) is 8.78 Å². The predicted molar refractivity (Wildman–Crippen MR) is 130 cm³/mol. The fourth-order valence-electron chi connectivity index (χ4n) is 4.26. The number of nitrogens with one attached hydrogen (secondary N) is 1. The van der Waals surface area contributed by atoms with E-state index in [1.165, 1.54) is 28.0 Å². The van der Waals surface area contributed by atoms with E-state index in [0.29, 0.717) is 46.1 Å². The number of fused-ring (bicyclic) bond motifs is 1. The number of likely N-dealkylation sites (tertiary alicyclic amines) is 1. The van der Waals surface area contributed by atoms with E-state index >= 15 is 0 Å². The van der Waals surface area contributed by atoms with Gasteiger partial charge in [0, 0.05) is 30.6 Å². The van der Waals surface area contributed by atoms with Crippen LogP contribution in [0.3, 0.4) is 0 Å². The summed E-state index contributed by atoms with van der Waals surface area (Å²) in [5.74, 6) is -1.46. The van der Waals surface area contributed by atoms with E-state index in [1.54, 1.807) is 23.1 Å². The van der Waals surface area contributed by atoms with E-state index in [4.69, 9.17) is 5.73 Å². The molecule has 3 heterocycles. The van der Waals surface area contributed by atoms with Gasteiger partial charge < -0.3 is 16.0 Å².